The first-order chi connectivity index (χ1) is 35.3. The number of rotatable bonds is 32. The zero-order valence-corrected chi connectivity index (χ0v) is 46.7. The van der Waals surface area contributed by atoms with E-state index in [4.69, 9.17) is 74.8 Å². The molecule has 2 aliphatic carbocycles. The van der Waals surface area contributed by atoms with Crippen LogP contribution in [-0.4, -0.2) is 150 Å². The van der Waals surface area contributed by atoms with Crippen LogP contribution >= 0.6 is 46.4 Å². The average Bonchev–Trinajstić information content (AvgIpc) is 3.91. The average molecular weight is 1150 g/mol. The van der Waals surface area contributed by atoms with Crippen LogP contribution in [0.5, 0.6) is 11.5 Å². The lowest BCUT2D eigenvalue weighted by Gasteiger charge is -2.27. The van der Waals surface area contributed by atoms with Gasteiger partial charge in [-0.3, -0.25) is 9.59 Å². The van der Waals surface area contributed by atoms with E-state index < -0.39 is 19.9 Å². The maximum Gasteiger partial charge on any atom is 0.240 e. The second-order valence-corrected chi connectivity index (χ2v) is 24.0. The molecule has 0 aliphatic heterocycles. The van der Waals surface area contributed by atoms with E-state index in [0.717, 1.165) is 22.3 Å². The van der Waals surface area contributed by atoms with Gasteiger partial charge < -0.3 is 43.5 Å². The molecule has 2 aliphatic rings. The van der Waals surface area contributed by atoms with E-state index in [1.807, 2.05) is 40.3 Å². The minimum absolute atomic E-state index is 0.0180. The van der Waals surface area contributed by atoms with Crippen LogP contribution < -0.4 is 19.5 Å². The fourth-order valence-corrected chi connectivity index (χ4v) is 12.2. The van der Waals surface area contributed by atoms with Gasteiger partial charge >= 0.3 is 0 Å². The SMILES string of the molecule is CN(C)[C@H]1Cc2c(Cl)cc(Cl)cc2[C@@H]1Oc1ccc(S(=O)(=O)CCCOCCOCCNC(=O)CCC(=O)CCCOCCOCCNS(=O)(=O)c2ccc(O[C@H]3c4cc(Cl)cc(Cl)c4C[C@@H]3N(C)C)cc2)cc1. The summed E-state index contributed by atoms with van der Waals surface area (Å²) in [6, 6.07) is 19.9. The van der Waals surface area contributed by atoms with E-state index in [2.05, 4.69) is 19.8 Å². The Morgan fingerprint density at radius 1 is 0.568 bits per heavy atom. The summed E-state index contributed by atoms with van der Waals surface area (Å²) in [5, 5.41) is 4.98. The summed E-state index contributed by atoms with van der Waals surface area (Å²) in [7, 11) is 0.560. The molecule has 4 atom stereocenters. The number of sulfone groups is 1. The molecule has 0 unspecified atom stereocenters. The van der Waals surface area contributed by atoms with Crippen molar-refractivity contribution in [2.24, 2.45) is 0 Å². The number of hydrogen-bond acceptors (Lipinski definition) is 14. The number of carbonyl (C=O) groups is 2. The Labute approximate surface area is 455 Å². The van der Waals surface area contributed by atoms with Crippen LogP contribution in [0.3, 0.4) is 0 Å². The number of hydrogen-bond donors (Lipinski definition) is 2. The van der Waals surface area contributed by atoms with Gasteiger partial charge in [0.2, 0.25) is 15.9 Å². The molecule has 0 bridgehead atoms. The van der Waals surface area contributed by atoms with Gasteiger partial charge in [0.15, 0.2) is 9.84 Å². The van der Waals surface area contributed by atoms with Crippen LogP contribution in [0.1, 0.15) is 66.6 Å². The molecule has 2 N–H and O–H groups in total. The predicted octanol–water partition coefficient (Wildman–Crippen LogP) is 7.97. The summed E-state index contributed by atoms with van der Waals surface area (Å²) < 4.78 is 89.2. The molecule has 6 rings (SSSR count). The van der Waals surface area contributed by atoms with E-state index in [-0.39, 0.29) is 130 Å². The summed E-state index contributed by atoms with van der Waals surface area (Å²) in [6.45, 7) is 2.37. The highest BCUT2D eigenvalue weighted by molar-refractivity contribution is 7.91. The Morgan fingerprint density at radius 3 is 1.53 bits per heavy atom. The fraction of sp³-hybridized carbons (Fsp3) is 0.500. The maximum absolute atomic E-state index is 13.0. The number of carbonyl (C=O) groups excluding carboxylic acids is 2. The molecule has 0 saturated carbocycles. The van der Waals surface area contributed by atoms with E-state index >= 15 is 0 Å². The number of amides is 1. The van der Waals surface area contributed by atoms with Crippen LogP contribution in [0.15, 0.2) is 82.6 Å². The first kappa shape index (κ1) is 59.6. The molecule has 0 radical (unpaired) electrons. The molecular weight excluding hydrogens is 1080 g/mol. The van der Waals surface area contributed by atoms with Crippen molar-refractivity contribution in [1.82, 2.24) is 19.8 Å². The van der Waals surface area contributed by atoms with Crippen molar-refractivity contribution in [1.29, 1.82) is 0 Å². The van der Waals surface area contributed by atoms with Crippen LogP contribution in [0.2, 0.25) is 20.1 Å². The molecule has 0 aromatic heterocycles. The van der Waals surface area contributed by atoms with Gasteiger partial charge in [-0.1, -0.05) is 46.4 Å². The zero-order valence-electron chi connectivity index (χ0n) is 42.1. The van der Waals surface area contributed by atoms with Gasteiger partial charge in [-0.15, -0.1) is 0 Å². The minimum Gasteiger partial charge on any atom is -0.484 e. The largest absolute Gasteiger partial charge is 0.484 e. The van der Waals surface area contributed by atoms with E-state index in [1.165, 1.54) is 12.1 Å². The van der Waals surface area contributed by atoms with Crippen molar-refractivity contribution in [2.45, 2.75) is 79.0 Å². The second-order valence-electron chi connectivity index (χ2n) is 18.4. The van der Waals surface area contributed by atoms with Gasteiger partial charge in [-0.2, -0.15) is 0 Å². The van der Waals surface area contributed by atoms with Gasteiger partial charge in [-0.05, 0) is 138 Å². The number of benzene rings is 4. The van der Waals surface area contributed by atoms with Crippen molar-refractivity contribution in [2.75, 3.05) is 99.9 Å². The first-order valence-corrected chi connectivity index (χ1v) is 29.1. The molecule has 0 heterocycles. The van der Waals surface area contributed by atoms with Gasteiger partial charge in [0.05, 0.1) is 67.3 Å². The summed E-state index contributed by atoms with van der Waals surface area (Å²) in [5.74, 6) is 0.667. The lowest BCUT2D eigenvalue weighted by atomic mass is 10.1. The molecule has 0 spiro atoms. The number of ether oxygens (including phenoxy) is 6. The minimum atomic E-state index is -3.79. The maximum atomic E-state index is 13.0. The van der Waals surface area contributed by atoms with Crippen LogP contribution in [0.25, 0.3) is 0 Å². The predicted molar refractivity (Wildman–Crippen MR) is 287 cm³/mol. The van der Waals surface area contributed by atoms with Crippen LogP contribution in [-0.2, 0) is 61.2 Å². The fourth-order valence-electron chi connectivity index (χ4n) is 8.68. The molecule has 16 nitrogen and oxygen atoms in total. The van der Waals surface area contributed by atoms with Crippen LogP contribution in [0.4, 0.5) is 0 Å². The number of sulfonamides is 1. The van der Waals surface area contributed by atoms with Crippen LogP contribution in [0, 0.1) is 0 Å². The quantitative estimate of drug-likeness (QED) is 0.0448. The van der Waals surface area contributed by atoms with E-state index in [1.54, 1.807) is 48.5 Å². The summed E-state index contributed by atoms with van der Waals surface area (Å²) in [4.78, 5) is 28.9. The monoisotopic (exact) mass is 1140 g/mol. The number of halogens is 4. The van der Waals surface area contributed by atoms with Gasteiger partial charge in [0, 0.05) is 76.8 Å². The van der Waals surface area contributed by atoms with E-state index in [0.29, 0.717) is 63.9 Å². The van der Waals surface area contributed by atoms with Crippen molar-refractivity contribution < 1.29 is 54.8 Å². The molecule has 4 aromatic rings. The number of nitrogens with zero attached hydrogens (tertiary/aromatic N) is 2. The number of Topliss-reactive ketones (excluding diaryl/α,β-unsaturated/α-hetero) is 1. The Balaban J connectivity index is 0.726. The molecule has 0 fully saturated rings. The molecule has 74 heavy (non-hydrogen) atoms. The number of nitrogens with one attached hydrogen (secondary N) is 2. The third kappa shape index (κ3) is 17.5. The molecule has 4 aromatic carbocycles. The zero-order chi connectivity index (χ0) is 53.4. The first-order valence-electron chi connectivity index (χ1n) is 24.5. The number of fused-ring (bicyclic) bond motifs is 2. The van der Waals surface area contributed by atoms with Gasteiger partial charge in [-0.25, -0.2) is 21.6 Å². The lowest BCUT2D eigenvalue weighted by molar-refractivity contribution is -0.125. The van der Waals surface area contributed by atoms with Crippen molar-refractivity contribution in [3.05, 3.63) is 115 Å². The Bertz CT molecular complexity index is 2530. The normalized spacial score (nSPS) is 17.4. The molecule has 1 amide bonds. The second kappa shape index (κ2) is 28.7. The van der Waals surface area contributed by atoms with Crippen molar-refractivity contribution >= 4 is 78.0 Å². The lowest BCUT2D eigenvalue weighted by Crippen LogP contribution is -2.34. The highest BCUT2D eigenvalue weighted by Gasteiger charge is 2.39. The van der Waals surface area contributed by atoms with Crippen molar-refractivity contribution in [3.8, 4) is 11.5 Å². The number of likely N-dealkylation sites (N-methyl/N-ethyl adjacent to an activating group) is 2. The smallest absolute Gasteiger partial charge is 0.240 e. The van der Waals surface area contributed by atoms with E-state index in [9.17, 15) is 26.4 Å². The highest BCUT2D eigenvalue weighted by Crippen LogP contribution is 2.43. The molecule has 406 valence electrons. The molecule has 0 saturated heterocycles. The topological polar surface area (TPSA) is 188 Å². The number of ketones is 1. The van der Waals surface area contributed by atoms with Gasteiger partial charge in [0.25, 0.3) is 0 Å². The summed E-state index contributed by atoms with van der Waals surface area (Å²) in [5.41, 5.74) is 3.82. The Hall–Kier alpha value is -3.60. The molecule has 22 heteroatoms. The third-order valence-electron chi connectivity index (χ3n) is 12.6. The Kier molecular flexibility index (Phi) is 23.1. The Morgan fingerprint density at radius 2 is 1.03 bits per heavy atom. The van der Waals surface area contributed by atoms with Gasteiger partial charge in [0.1, 0.15) is 29.5 Å². The summed E-state index contributed by atoms with van der Waals surface area (Å²) in [6.07, 6.45) is 2.00. The van der Waals surface area contributed by atoms with Crippen molar-refractivity contribution in [3.63, 3.8) is 0 Å². The summed E-state index contributed by atoms with van der Waals surface area (Å²) >= 11 is 25.6. The third-order valence-corrected chi connectivity index (χ3v) is 17.0. The standard InChI is InChI=1S/C52H66Cl4N4O12S2/c1-59(2)48-33-42-44(29-35(53)31-46(42)55)51(48)71-38-9-13-40(14-10-38)73(63,64)28-6-21-68-25-26-69-22-18-57-50(62)17-8-37(61)7-5-20-67-24-27-70-23-19-58-74(65,66)41-15-11-39(12-16-41)72-52-45-30-36(54)32-47(56)43(45)34-49(52)60(3)4/h9-16,29-32,48-49,51-52,58H,5-8,17-28,33-34H2,1-4H3,(H,57,62)/t48-,49-,51-,52-/m0/s1. The molecular formula is C52H66Cl4N4O12S2. The highest BCUT2D eigenvalue weighted by atomic mass is 35.5.